The summed E-state index contributed by atoms with van der Waals surface area (Å²) >= 11 is 6.17. The summed E-state index contributed by atoms with van der Waals surface area (Å²) < 4.78 is 13.6. The minimum Gasteiger partial charge on any atom is -0.366 e. The van der Waals surface area contributed by atoms with E-state index in [0.29, 0.717) is 8.95 Å². The Labute approximate surface area is 85.2 Å². The van der Waals surface area contributed by atoms with Crippen LogP contribution >= 0.6 is 31.9 Å². The van der Waals surface area contributed by atoms with Crippen LogP contribution < -0.4 is 5.73 Å². The van der Waals surface area contributed by atoms with Crippen molar-refractivity contribution in [2.75, 3.05) is 0 Å². The van der Waals surface area contributed by atoms with Gasteiger partial charge in [0, 0.05) is 8.95 Å². The van der Waals surface area contributed by atoms with Gasteiger partial charge in [-0.2, -0.15) is 0 Å². The fraction of sp³-hybridized carbons (Fsp3) is 0. The van der Waals surface area contributed by atoms with Crippen LogP contribution in [0.25, 0.3) is 0 Å². The number of carbonyl (C=O) groups is 1. The molecule has 0 aliphatic heterocycles. The van der Waals surface area contributed by atoms with E-state index in [1.165, 1.54) is 6.07 Å². The highest BCUT2D eigenvalue weighted by atomic mass is 79.9. The van der Waals surface area contributed by atoms with Gasteiger partial charge in [-0.3, -0.25) is 4.79 Å². The van der Waals surface area contributed by atoms with E-state index < -0.39 is 11.7 Å². The molecule has 0 saturated carbocycles. The van der Waals surface area contributed by atoms with Gasteiger partial charge in [-0.05, 0) is 44.0 Å². The van der Waals surface area contributed by atoms with Crippen LogP contribution in [0, 0.1) is 5.82 Å². The van der Waals surface area contributed by atoms with Crippen LogP contribution in [-0.4, -0.2) is 5.91 Å². The lowest BCUT2D eigenvalue weighted by molar-refractivity contribution is 0.0999. The molecule has 0 aliphatic carbocycles. The molecule has 0 radical (unpaired) electrons. The van der Waals surface area contributed by atoms with E-state index in [-0.39, 0.29) is 5.56 Å². The molecule has 0 heterocycles. The third-order valence-electron chi connectivity index (χ3n) is 1.26. The average molecular weight is 297 g/mol. The minimum atomic E-state index is -0.665. The second-order valence-electron chi connectivity index (χ2n) is 2.11. The molecule has 0 spiro atoms. The molecule has 2 nitrogen and oxygen atoms in total. The van der Waals surface area contributed by atoms with E-state index >= 15 is 0 Å². The Bertz CT molecular complexity index is 340. The average Bonchev–Trinajstić information content (AvgIpc) is 1.96. The number of primary amides is 1. The summed E-state index contributed by atoms with van der Waals surface area (Å²) in [6.45, 7) is 0. The van der Waals surface area contributed by atoms with Crippen molar-refractivity contribution in [3.05, 3.63) is 32.5 Å². The van der Waals surface area contributed by atoms with Crippen molar-refractivity contribution in [3.63, 3.8) is 0 Å². The molecule has 0 fully saturated rings. The van der Waals surface area contributed by atoms with Gasteiger partial charge in [0.2, 0.25) is 5.91 Å². The lowest BCUT2D eigenvalue weighted by Gasteiger charge is -2.01. The molecule has 2 N–H and O–H groups in total. The fourth-order valence-electron chi connectivity index (χ4n) is 0.735. The van der Waals surface area contributed by atoms with Crippen LogP contribution in [0.5, 0.6) is 0 Å². The van der Waals surface area contributed by atoms with E-state index in [0.717, 1.165) is 6.07 Å². The predicted octanol–water partition coefficient (Wildman–Crippen LogP) is 2.45. The number of benzene rings is 1. The zero-order valence-electron chi connectivity index (χ0n) is 5.77. The van der Waals surface area contributed by atoms with Gasteiger partial charge in [-0.15, -0.1) is 0 Å². The lowest BCUT2D eigenvalue weighted by atomic mass is 10.2. The molecule has 64 valence electrons. The Balaban J connectivity index is 3.37. The van der Waals surface area contributed by atoms with Gasteiger partial charge in [0.25, 0.3) is 0 Å². The van der Waals surface area contributed by atoms with Crippen LogP contribution in [0.3, 0.4) is 0 Å². The normalized spacial score (nSPS) is 9.92. The highest BCUT2D eigenvalue weighted by molar-refractivity contribution is 9.13. The Morgan fingerprint density at radius 3 is 2.50 bits per heavy atom. The maximum absolute atomic E-state index is 12.7. The molecule has 5 heteroatoms. The van der Waals surface area contributed by atoms with Crippen molar-refractivity contribution in [1.29, 1.82) is 0 Å². The molecule has 0 aromatic heterocycles. The highest BCUT2D eigenvalue weighted by Gasteiger charge is 2.10. The smallest absolute Gasteiger partial charge is 0.249 e. The monoisotopic (exact) mass is 295 g/mol. The molecule has 1 aromatic carbocycles. The van der Waals surface area contributed by atoms with E-state index in [2.05, 4.69) is 31.9 Å². The molecule has 1 aromatic rings. The van der Waals surface area contributed by atoms with Crippen LogP contribution in [0.4, 0.5) is 4.39 Å². The van der Waals surface area contributed by atoms with Crippen molar-refractivity contribution < 1.29 is 9.18 Å². The highest BCUT2D eigenvalue weighted by Crippen LogP contribution is 2.27. The predicted molar refractivity (Wildman–Crippen MR) is 50.3 cm³/mol. The van der Waals surface area contributed by atoms with Crippen molar-refractivity contribution in [3.8, 4) is 0 Å². The molecule has 1 rings (SSSR count). The summed E-state index contributed by atoms with van der Waals surface area (Å²) in [6, 6.07) is 2.33. The molecule has 12 heavy (non-hydrogen) atoms. The number of amides is 1. The number of hydrogen-bond donors (Lipinski definition) is 1. The minimum absolute atomic E-state index is 0.127. The first-order chi connectivity index (χ1) is 5.52. The summed E-state index contributed by atoms with van der Waals surface area (Å²) in [4.78, 5) is 10.7. The van der Waals surface area contributed by atoms with Gasteiger partial charge in [0.1, 0.15) is 5.82 Å². The first kappa shape index (κ1) is 9.67. The molecule has 0 bridgehead atoms. The summed E-state index contributed by atoms with van der Waals surface area (Å²) in [5.74, 6) is -1.17. The number of halogens is 3. The zero-order valence-corrected chi connectivity index (χ0v) is 8.95. The standard InChI is InChI=1S/C7H4Br2FNO/c8-5-2-3(10)1-4(6(5)9)7(11)12/h1-2H,(H2,11,12). The number of rotatable bonds is 1. The first-order valence-corrected chi connectivity index (χ1v) is 4.55. The van der Waals surface area contributed by atoms with Gasteiger partial charge in [0.05, 0.1) is 5.56 Å². The summed E-state index contributed by atoms with van der Waals surface area (Å²) in [6.07, 6.45) is 0. The molecule has 1 amide bonds. The van der Waals surface area contributed by atoms with E-state index in [9.17, 15) is 9.18 Å². The maximum Gasteiger partial charge on any atom is 0.249 e. The molecule has 0 saturated heterocycles. The molecule has 0 unspecified atom stereocenters. The van der Waals surface area contributed by atoms with Gasteiger partial charge in [0.15, 0.2) is 0 Å². The topological polar surface area (TPSA) is 43.1 Å². The van der Waals surface area contributed by atoms with Crippen molar-refractivity contribution in [2.45, 2.75) is 0 Å². The fourth-order valence-corrected chi connectivity index (χ4v) is 1.59. The summed E-state index contributed by atoms with van der Waals surface area (Å²) in [5, 5.41) is 0. The van der Waals surface area contributed by atoms with Crippen molar-refractivity contribution >= 4 is 37.8 Å². The van der Waals surface area contributed by atoms with Gasteiger partial charge in [-0.1, -0.05) is 0 Å². The molecular formula is C7H4Br2FNO. The number of carbonyl (C=O) groups excluding carboxylic acids is 1. The molecule has 0 atom stereocenters. The first-order valence-electron chi connectivity index (χ1n) is 2.96. The quantitative estimate of drug-likeness (QED) is 0.795. The van der Waals surface area contributed by atoms with Crippen molar-refractivity contribution in [2.24, 2.45) is 5.73 Å². The van der Waals surface area contributed by atoms with Gasteiger partial charge >= 0.3 is 0 Å². The van der Waals surface area contributed by atoms with Gasteiger partial charge in [-0.25, -0.2) is 4.39 Å². The van der Waals surface area contributed by atoms with Crippen molar-refractivity contribution in [1.82, 2.24) is 0 Å². The van der Waals surface area contributed by atoms with Crippen LogP contribution in [-0.2, 0) is 0 Å². The SMILES string of the molecule is NC(=O)c1cc(F)cc(Br)c1Br. The third kappa shape index (κ3) is 1.84. The Kier molecular flexibility index (Phi) is 2.85. The summed E-state index contributed by atoms with van der Waals surface area (Å²) in [5.41, 5.74) is 5.12. The summed E-state index contributed by atoms with van der Waals surface area (Å²) in [7, 11) is 0. The van der Waals surface area contributed by atoms with Crippen LogP contribution in [0.1, 0.15) is 10.4 Å². The Hall–Kier alpha value is -0.420. The second-order valence-corrected chi connectivity index (χ2v) is 3.76. The van der Waals surface area contributed by atoms with Gasteiger partial charge < -0.3 is 5.73 Å². The van der Waals surface area contributed by atoms with E-state index in [4.69, 9.17) is 5.73 Å². The Morgan fingerprint density at radius 2 is 2.00 bits per heavy atom. The third-order valence-corrected chi connectivity index (χ3v) is 3.27. The molecule has 0 aliphatic rings. The Morgan fingerprint density at radius 1 is 1.42 bits per heavy atom. The lowest BCUT2D eigenvalue weighted by Crippen LogP contribution is -2.12. The van der Waals surface area contributed by atoms with Crippen LogP contribution in [0.15, 0.2) is 21.1 Å². The van der Waals surface area contributed by atoms with E-state index in [1.807, 2.05) is 0 Å². The maximum atomic E-state index is 12.7. The number of nitrogens with two attached hydrogens (primary N) is 1. The van der Waals surface area contributed by atoms with Crippen LogP contribution in [0.2, 0.25) is 0 Å². The zero-order chi connectivity index (χ0) is 9.30. The number of hydrogen-bond acceptors (Lipinski definition) is 1. The van der Waals surface area contributed by atoms with E-state index in [1.54, 1.807) is 0 Å². The molecular weight excluding hydrogens is 293 g/mol. The largest absolute Gasteiger partial charge is 0.366 e. The second kappa shape index (κ2) is 3.53.